The second kappa shape index (κ2) is 5.00. The van der Waals surface area contributed by atoms with E-state index in [1.165, 1.54) is 11.3 Å². The van der Waals surface area contributed by atoms with Gasteiger partial charge >= 0.3 is 0 Å². The summed E-state index contributed by atoms with van der Waals surface area (Å²) in [6.07, 6.45) is 5.15. The number of hydrogen-bond acceptors (Lipinski definition) is 3. The van der Waals surface area contributed by atoms with E-state index >= 15 is 0 Å². The Morgan fingerprint density at radius 3 is 3.00 bits per heavy atom. The van der Waals surface area contributed by atoms with E-state index in [-0.39, 0.29) is 11.8 Å². The summed E-state index contributed by atoms with van der Waals surface area (Å²) in [6, 6.07) is 8.15. The fourth-order valence-electron chi connectivity index (χ4n) is 2.62. The van der Waals surface area contributed by atoms with Crippen molar-refractivity contribution in [3.8, 4) is 11.3 Å². The molecule has 0 bridgehead atoms. The van der Waals surface area contributed by atoms with Crippen molar-refractivity contribution >= 4 is 33.3 Å². The Bertz CT molecular complexity index is 801. The Kier molecular flexibility index (Phi) is 3.00. The predicted molar refractivity (Wildman–Crippen MR) is 85.4 cm³/mol. The van der Waals surface area contributed by atoms with Crippen LogP contribution in [0.25, 0.3) is 22.2 Å². The maximum absolute atomic E-state index is 12.0. The van der Waals surface area contributed by atoms with Crippen LogP contribution >= 0.6 is 11.3 Å². The maximum Gasteiger partial charge on any atom is 0.229 e. The van der Waals surface area contributed by atoms with Crippen LogP contribution in [-0.2, 0) is 4.79 Å². The molecule has 2 aromatic heterocycles. The number of aromatic amines is 1. The molecule has 2 heterocycles. The molecule has 3 aromatic rings. The molecule has 0 unspecified atom stereocenters. The minimum Gasteiger partial charge on any atom is -0.360 e. The molecule has 4 nitrogen and oxygen atoms in total. The summed E-state index contributed by atoms with van der Waals surface area (Å²) in [5, 5.41) is 6.76. The number of amides is 1. The van der Waals surface area contributed by atoms with Gasteiger partial charge in [-0.25, -0.2) is 4.98 Å². The van der Waals surface area contributed by atoms with E-state index in [2.05, 4.69) is 21.4 Å². The average Bonchev–Trinajstić information content (AvgIpc) is 3.02. The van der Waals surface area contributed by atoms with E-state index in [1.54, 1.807) is 0 Å². The first-order valence-corrected chi connectivity index (χ1v) is 8.02. The van der Waals surface area contributed by atoms with Gasteiger partial charge in [-0.15, -0.1) is 11.3 Å². The number of thiazole rings is 1. The van der Waals surface area contributed by atoms with Gasteiger partial charge in [-0.2, -0.15) is 0 Å². The van der Waals surface area contributed by atoms with Gasteiger partial charge < -0.3 is 10.3 Å². The molecule has 1 saturated carbocycles. The summed E-state index contributed by atoms with van der Waals surface area (Å²) in [5.41, 5.74) is 3.08. The molecule has 0 aliphatic heterocycles. The van der Waals surface area contributed by atoms with Crippen LogP contribution in [0.4, 0.5) is 5.13 Å². The Hall–Kier alpha value is -2.14. The van der Waals surface area contributed by atoms with Crippen LogP contribution in [0.2, 0.25) is 0 Å². The second-order valence-electron chi connectivity index (χ2n) is 5.40. The Morgan fingerprint density at radius 1 is 1.33 bits per heavy atom. The molecule has 5 heteroatoms. The minimum absolute atomic E-state index is 0.112. The van der Waals surface area contributed by atoms with Crippen LogP contribution in [0.1, 0.15) is 19.3 Å². The molecule has 1 aliphatic rings. The summed E-state index contributed by atoms with van der Waals surface area (Å²) in [6.45, 7) is 0. The highest BCUT2D eigenvalue weighted by Crippen LogP contribution is 2.32. The van der Waals surface area contributed by atoms with Gasteiger partial charge in [0.2, 0.25) is 5.91 Å². The van der Waals surface area contributed by atoms with Crippen LogP contribution in [-0.4, -0.2) is 15.9 Å². The number of carbonyl (C=O) groups is 1. The molecule has 106 valence electrons. The lowest BCUT2D eigenvalue weighted by atomic mass is 9.85. The second-order valence-corrected chi connectivity index (χ2v) is 6.26. The molecular weight excluding hydrogens is 282 g/mol. The number of carbonyl (C=O) groups excluding carboxylic acids is 1. The lowest BCUT2D eigenvalue weighted by molar-refractivity contribution is -0.122. The highest BCUT2D eigenvalue weighted by Gasteiger charge is 2.25. The zero-order valence-corrected chi connectivity index (χ0v) is 12.2. The van der Waals surface area contributed by atoms with Gasteiger partial charge in [0.15, 0.2) is 5.13 Å². The van der Waals surface area contributed by atoms with E-state index in [4.69, 9.17) is 0 Å². The third-order valence-electron chi connectivity index (χ3n) is 4.08. The maximum atomic E-state index is 12.0. The zero-order valence-electron chi connectivity index (χ0n) is 11.4. The Morgan fingerprint density at radius 2 is 2.19 bits per heavy atom. The number of rotatable bonds is 3. The number of anilines is 1. The molecular formula is C16H15N3OS. The number of nitrogens with zero attached hydrogens (tertiary/aromatic N) is 1. The molecule has 4 rings (SSSR count). The number of nitrogens with one attached hydrogen (secondary N) is 2. The molecule has 2 N–H and O–H groups in total. The van der Waals surface area contributed by atoms with Crippen LogP contribution in [0, 0.1) is 5.92 Å². The van der Waals surface area contributed by atoms with Crippen molar-refractivity contribution < 1.29 is 4.79 Å². The van der Waals surface area contributed by atoms with Gasteiger partial charge in [0.1, 0.15) is 0 Å². The topological polar surface area (TPSA) is 57.8 Å². The molecule has 1 fully saturated rings. The van der Waals surface area contributed by atoms with Crippen molar-refractivity contribution in [3.05, 3.63) is 35.8 Å². The summed E-state index contributed by atoms with van der Waals surface area (Å²) in [7, 11) is 0. The fourth-order valence-corrected chi connectivity index (χ4v) is 3.33. The minimum atomic E-state index is 0.112. The van der Waals surface area contributed by atoms with Crippen molar-refractivity contribution in [1.82, 2.24) is 9.97 Å². The van der Waals surface area contributed by atoms with Crippen molar-refractivity contribution in [2.45, 2.75) is 19.3 Å². The van der Waals surface area contributed by atoms with E-state index in [0.29, 0.717) is 5.13 Å². The SMILES string of the molecule is O=C(Nc1nc(-c2c[nH]c3ccccc23)cs1)C1CCC1. The average molecular weight is 297 g/mol. The van der Waals surface area contributed by atoms with Crippen LogP contribution in [0.5, 0.6) is 0 Å². The van der Waals surface area contributed by atoms with E-state index in [0.717, 1.165) is 41.4 Å². The number of benzene rings is 1. The molecule has 21 heavy (non-hydrogen) atoms. The van der Waals surface area contributed by atoms with Gasteiger partial charge in [-0.3, -0.25) is 4.79 Å². The standard InChI is InChI=1S/C16H15N3OS/c20-15(10-4-3-5-10)19-16-18-14(9-21-16)12-8-17-13-7-2-1-6-11(12)13/h1-2,6-10,17H,3-5H2,(H,18,19,20). The van der Waals surface area contributed by atoms with Gasteiger partial charge in [-0.05, 0) is 18.9 Å². The lowest BCUT2D eigenvalue weighted by Gasteiger charge is -2.23. The van der Waals surface area contributed by atoms with Crippen LogP contribution in [0.15, 0.2) is 35.8 Å². The summed E-state index contributed by atoms with van der Waals surface area (Å²) in [4.78, 5) is 19.8. The predicted octanol–water partition coefficient (Wildman–Crippen LogP) is 4.03. The molecule has 1 aromatic carbocycles. The van der Waals surface area contributed by atoms with Crippen molar-refractivity contribution in [1.29, 1.82) is 0 Å². The first kappa shape index (κ1) is 12.6. The molecule has 0 spiro atoms. The van der Waals surface area contributed by atoms with E-state index < -0.39 is 0 Å². The number of hydrogen-bond donors (Lipinski definition) is 2. The summed E-state index contributed by atoms with van der Waals surface area (Å²) in [5.74, 6) is 0.298. The van der Waals surface area contributed by atoms with Gasteiger partial charge in [0.05, 0.1) is 5.69 Å². The smallest absolute Gasteiger partial charge is 0.229 e. The first-order valence-electron chi connectivity index (χ1n) is 7.14. The largest absolute Gasteiger partial charge is 0.360 e. The highest BCUT2D eigenvalue weighted by molar-refractivity contribution is 7.14. The highest BCUT2D eigenvalue weighted by atomic mass is 32.1. The number of H-pyrrole nitrogens is 1. The molecule has 0 radical (unpaired) electrons. The zero-order chi connectivity index (χ0) is 14.2. The molecule has 0 saturated heterocycles. The lowest BCUT2D eigenvalue weighted by Crippen LogP contribution is -2.27. The van der Waals surface area contributed by atoms with Gasteiger partial charge in [0, 0.05) is 34.0 Å². The van der Waals surface area contributed by atoms with Crippen molar-refractivity contribution in [2.75, 3.05) is 5.32 Å². The third kappa shape index (κ3) is 2.23. The summed E-state index contributed by atoms with van der Waals surface area (Å²) < 4.78 is 0. The molecule has 1 amide bonds. The Labute approximate surface area is 126 Å². The van der Waals surface area contributed by atoms with Gasteiger partial charge in [0.25, 0.3) is 0 Å². The quantitative estimate of drug-likeness (QED) is 0.767. The van der Waals surface area contributed by atoms with Gasteiger partial charge in [-0.1, -0.05) is 24.6 Å². The van der Waals surface area contributed by atoms with E-state index in [9.17, 15) is 4.79 Å². The summed E-state index contributed by atoms with van der Waals surface area (Å²) >= 11 is 1.48. The Balaban J connectivity index is 1.60. The van der Waals surface area contributed by atoms with Crippen LogP contribution < -0.4 is 5.32 Å². The molecule has 1 aliphatic carbocycles. The van der Waals surface area contributed by atoms with Crippen molar-refractivity contribution in [2.24, 2.45) is 5.92 Å². The molecule has 0 atom stereocenters. The first-order chi connectivity index (χ1) is 10.3. The number of fused-ring (bicyclic) bond motifs is 1. The van der Waals surface area contributed by atoms with Crippen LogP contribution in [0.3, 0.4) is 0 Å². The fraction of sp³-hybridized carbons (Fsp3) is 0.250. The third-order valence-corrected chi connectivity index (χ3v) is 4.83. The monoisotopic (exact) mass is 297 g/mol. The van der Waals surface area contributed by atoms with Crippen molar-refractivity contribution in [3.63, 3.8) is 0 Å². The number of aromatic nitrogens is 2. The normalized spacial score (nSPS) is 15.0. The van der Waals surface area contributed by atoms with E-state index in [1.807, 2.05) is 29.8 Å². The number of para-hydroxylation sites is 1.